The van der Waals surface area contributed by atoms with Crippen molar-refractivity contribution in [3.63, 3.8) is 0 Å². The van der Waals surface area contributed by atoms with E-state index in [2.05, 4.69) is 34.6 Å². The molecular weight excluding hydrogens is 280 g/mol. The quantitative estimate of drug-likeness (QED) is 0.690. The van der Waals surface area contributed by atoms with Crippen molar-refractivity contribution < 1.29 is 19.0 Å². The highest BCUT2D eigenvalue weighted by molar-refractivity contribution is 5.77. The average Bonchev–Trinajstić information content (AvgIpc) is 2.86. The molecule has 1 aliphatic rings. The summed E-state index contributed by atoms with van der Waals surface area (Å²) in [4.78, 5) is 12.7. The van der Waals surface area contributed by atoms with Gasteiger partial charge in [0.2, 0.25) is 0 Å². The van der Waals surface area contributed by atoms with Crippen LogP contribution in [0.15, 0.2) is 0 Å². The van der Waals surface area contributed by atoms with Gasteiger partial charge in [0.15, 0.2) is 5.79 Å². The summed E-state index contributed by atoms with van der Waals surface area (Å²) in [6.07, 6.45) is 1.44. The Morgan fingerprint density at radius 2 is 1.77 bits per heavy atom. The molecule has 0 saturated carbocycles. The molecule has 0 aromatic rings. The lowest BCUT2D eigenvalue weighted by Gasteiger charge is -2.42. The van der Waals surface area contributed by atoms with Crippen LogP contribution in [0.1, 0.15) is 68.2 Å². The van der Waals surface area contributed by atoms with Gasteiger partial charge in [-0.1, -0.05) is 48.5 Å². The van der Waals surface area contributed by atoms with Crippen LogP contribution in [0.25, 0.3) is 0 Å². The first kappa shape index (κ1) is 19.4. The third-order valence-electron chi connectivity index (χ3n) is 5.53. The summed E-state index contributed by atoms with van der Waals surface area (Å²) < 4.78 is 17.3. The molecule has 1 rings (SSSR count). The fraction of sp³-hybridized carbons (Fsp3) is 0.944. The Bertz CT molecular complexity index is 379. The molecule has 0 radical (unpaired) electrons. The summed E-state index contributed by atoms with van der Waals surface area (Å²) in [5, 5.41) is 0. The van der Waals surface area contributed by atoms with Crippen molar-refractivity contribution in [3.8, 4) is 0 Å². The van der Waals surface area contributed by atoms with Crippen molar-refractivity contribution in [3.05, 3.63) is 0 Å². The highest BCUT2D eigenvalue weighted by Crippen LogP contribution is 2.45. The molecule has 1 aliphatic heterocycles. The molecule has 0 aromatic carbocycles. The summed E-state index contributed by atoms with van der Waals surface area (Å²) in [6, 6.07) is 0. The Hall–Kier alpha value is -0.610. The maximum Gasteiger partial charge on any atom is 0.312 e. The van der Waals surface area contributed by atoms with E-state index in [1.807, 2.05) is 20.8 Å². The maximum absolute atomic E-state index is 12.7. The zero-order chi connectivity index (χ0) is 17.2. The average molecular weight is 314 g/mol. The smallest absolute Gasteiger partial charge is 0.312 e. The molecule has 130 valence electrons. The molecule has 0 N–H and O–H groups in total. The first-order valence-electron chi connectivity index (χ1n) is 8.51. The second-order valence-corrected chi connectivity index (χ2v) is 7.87. The second kappa shape index (κ2) is 6.88. The van der Waals surface area contributed by atoms with Gasteiger partial charge < -0.3 is 14.2 Å². The number of ether oxygens (including phenoxy) is 3. The van der Waals surface area contributed by atoms with E-state index in [0.29, 0.717) is 6.61 Å². The molecule has 0 spiro atoms. The first-order chi connectivity index (χ1) is 10.0. The Morgan fingerprint density at radius 3 is 2.14 bits per heavy atom. The molecule has 22 heavy (non-hydrogen) atoms. The lowest BCUT2D eigenvalue weighted by Crippen LogP contribution is -2.46. The van der Waals surface area contributed by atoms with Crippen LogP contribution in [0.4, 0.5) is 0 Å². The van der Waals surface area contributed by atoms with Crippen LogP contribution < -0.4 is 0 Å². The molecule has 2 unspecified atom stereocenters. The van der Waals surface area contributed by atoms with E-state index in [9.17, 15) is 4.79 Å². The number of carbonyl (C=O) groups is 1. The second-order valence-electron chi connectivity index (χ2n) is 7.87. The fourth-order valence-corrected chi connectivity index (χ4v) is 3.05. The number of carbonyl (C=O) groups excluding carboxylic acids is 1. The number of hydrogen-bond acceptors (Lipinski definition) is 4. The van der Waals surface area contributed by atoms with Crippen molar-refractivity contribution in [2.75, 3.05) is 13.2 Å². The molecule has 0 aromatic heterocycles. The van der Waals surface area contributed by atoms with Gasteiger partial charge in [0, 0.05) is 0 Å². The minimum absolute atomic E-state index is 0.149. The van der Waals surface area contributed by atoms with E-state index in [-0.39, 0.29) is 30.0 Å². The van der Waals surface area contributed by atoms with Crippen molar-refractivity contribution in [1.29, 1.82) is 0 Å². The third-order valence-corrected chi connectivity index (χ3v) is 5.53. The minimum Gasteiger partial charge on any atom is -0.462 e. The van der Waals surface area contributed by atoms with E-state index < -0.39 is 11.2 Å². The van der Waals surface area contributed by atoms with Crippen LogP contribution in [0.5, 0.6) is 0 Å². The standard InChI is InChI=1S/C18H34O4/c1-9-18(10-2)21-12-14(22-18)11-20-15(19)17(8,13(3)4)16(5,6)7/h13-14H,9-12H2,1-8H3. The van der Waals surface area contributed by atoms with Crippen molar-refractivity contribution >= 4 is 5.97 Å². The van der Waals surface area contributed by atoms with Crippen LogP contribution in [-0.2, 0) is 19.0 Å². The van der Waals surface area contributed by atoms with Crippen molar-refractivity contribution in [2.45, 2.75) is 80.1 Å². The molecule has 1 saturated heterocycles. The number of hydrogen-bond donors (Lipinski definition) is 0. The van der Waals surface area contributed by atoms with Gasteiger partial charge in [0.25, 0.3) is 0 Å². The Balaban J connectivity index is 2.67. The first-order valence-corrected chi connectivity index (χ1v) is 8.51. The SMILES string of the molecule is CCC1(CC)OCC(COC(=O)C(C)(C(C)C)C(C)(C)C)O1. The van der Waals surface area contributed by atoms with E-state index in [1.54, 1.807) is 0 Å². The maximum atomic E-state index is 12.7. The monoisotopic (exact) mass is 314 g/mol. The Kier molecular flexibility index (Phi) is 6.07. The Morgan fingerprint density at radius 1 is 1.23 bits per heavy atom. The number of rotatable bonds is 6. The zero-order valence-electron chi connectivity index (χ0n) is 15.6. The molecule has 4 heteroatoms. The topological polar surface area (TPSA) is 44.8 Å². The van der Waals surface area contributed by atoms with E-state index in [1.165, 1.54) is 0 Å². The van der Waals surface area contributed by atoms with Gasteiger partial charge >= 0.3 is 5.97 Å². The molecule has 0 amide bonds. The van der Waals surface area contributed by atoms with Crippen LogP contribution in [0.2, 0.25) is 0 Å². The van der Waals surface area contributed by atoms with Crippen LogP contribution in [0, 0.1) is 16.7 Å². The van der Waals surface area contributed by atoms with E-state index in [4.69, 9.17) is 14.2 Å². The summed E-state index contributed by atoms with van der Waals surface area (Å²) in [5.41, 5.74) is -0.694. The van der Waals surface area contributed by atoms with Crippen LogP contribution >= 0.6 is 0 Å². The van der Waals surface area contributed by atoms with Crippen molar-refractivity contribution in [1.82, 2.24) is 0 Å². The summed E-state index contributed by atoms with van der Waals surface area (Å²) >= 11 is 0. The normalized spacial score (nSPS) is 24.3. The highest BCUT2D eigenvalue weighted by Gasteiger charge is 2.48. The molecule has 0 bridgehead atoms. The largest absolute Gasteiger partial charge is 0.462 e. The third kappa shape index (κ3) is 3.65. The van der Waals surface area contributed by atoms with Crippen LogP contribution in [-0.4, -0.2) is 31.1 Å². The Labute approximate surface area is 135 Å². The summed E-state index contributed by atoms with van der Waals surface area (Å²) in [7, 11) is 0. The van der Waals surface area contributed by atoms with Gasteiger partial charge in [-0.2, -0.15) is 0 Å². The summed E-state index contributed by atoms with van der Waals surface area (Å²) in [6.45, 7) is 17.2. The van der Waals surface area contributed by atoms with E-state index in [0.717, 1.165) is 12.8 Å². The highest BCUT2D eigenvalue weighted by atomic mass is 16.8. The zero-order valence-corrected chi connectivity index (χ0v) is 15.6. The molecule has 2 atom stereocenters. The molecular formula is C18H34O4. The molecule has 0 aliphatic carbocycles. The van der Waals surface area contributed by atoms with Gasteiger partial charge in [0.05, 0.1) is 12.0 Å². The fourth-order valence-electron chi connectivity index (χ4n) is 3.05. The molecule has 1 fully saturated rings. The predicted molar refractivity (Wildman–Crippen MR) is 87.5 cm³/mol. The predicted octanol–water partition coefficient (Wildman–Crippen LogP) is 4.17. The lowest BCUT2D eigenvalue weighted by atomic mass is 9.62. The van der Waals surface area contributed by atoms with Crippen molar-refractivity contribution in [2.24, 2.45) is 16.7 Å². The van der Waals surface area contributed by atoms with Gasteiger partial charge in [-0.25, -0.2) is 0 Å². The molecule has 1 heterocycles. The molecule has 4 nitrogen and oxygen atoms in total. The van der Waals surface area contributed by atoms with Gasteiger partial charge in [-0.15, -0.1) is 0 Å². The number of esters is 1. The minimum atomic E-state index is -0.529. The summed E-state index contributed by atoms with van der Waals surface area (Å²) in [5.74, 6) is -0.446. The van der Waals surface area contributed by atoms with Gasteiger partial charge in [0.1, 0.15) is 12.7 Å². The van der Waals surface area contributed by atoms with Gasteiger partial charge in [-0.3, -0.25) is 4.79 Å². The lowest BCUT2D eigenvalue weighted by molar-refractivity contribution is -0.185. The van der Waals surface area contributed by atoms with Crippen LogP contribution in [0.3, 0.4) is 0 Å². The van der Waals surface area contributed by atoms with Gasteiger partial charge in [-0.05, 0) is 31.1 Å². The van der Waals surface area contributed by atoms with E-state index >= 15 is 0 Å².